The van der Waals surface area contributed by atoms with Crippen LogP contribution in [0.25, 0.3) is 6.08 Å². The van der Waals surface area contributed by atoms with Gasteiger partial charge >= 0.3 is 0 Å². The SMILES string of the molecule is CCCCCC1CCC(CCC=Cc2ccc(CCC)cc2)CC1. The molecule has 0 nitrogen and oxygen atoms in total. The Morgan fingerprint density at radius 2 is 1.50 bits per heavy atom. The number of benzene rings is 1. The van der Waals surface area contributed by atoms with Crippen LogP contribution in [0.2, 0.25) is 0 Å². The maximum absolute atomic E-state index is 2.39. The molecule has 0 bridgehead atoms. The zero-order valence-corrected chi connectivity index (χ0v) is 16.1. The number of hydrogen-bond donors (Lipinski definition) is 0. The molecule has 1 aliphatic carbocycles. The normalized spacial score (nSPS) is 21.4. The minimum absolute atomic E-state index is 0.990. The van der Waals surface area contributed by atoms with Crippen LogP contribution in [0.1, 0.15) is 95.6 Å². The molecule has 134 valence electrons. The summed E-state index contributed by atoms with van der Waals surface area (Å²) in [6, 6.07) is 9.10. The monoisotopic (exact) mass is 326 g/mol. The molecule has 2 rings (SSSR count). The van der Waals surface area contributed by atoms with Gasteiger partial charge in [0.1, 0.15) is 0 Å². The van der Waals surface area contributed by atoms with Crippen LogP contribution >= 0.6 is 0 Å². The second kappa shape index (κ2) is 11.5. The molecule has 0 radical (unpaired) electrons. The first kappa shape index (κ1) is 19.3. The number of unbranched alkanes of at least 4 members (excludes halogenated alkanes) is 2. The fourth-order valence-electron chi connectivity index (χ4n) is 4.13. The molecule has 0 spiro atoms. The minimum Gasteiger partial charge on any atom is -0.0839 e. The first-order valence-corrected chi connectivity index (χ1v) is 10.6. The highest BCUT2D eigenvalue weighted by molar-refractivity contribution is 5.49. The molecular formula is C24H38. The van der Waals surface area contributed by atoms with Crippen LogP contribution < -0.4 is 0 Å². The quantitative estimate of drug-likeness (QED) is 0.384. The van der Waals surface area contributed by atoms with Gasteiger partial charge in [0.2, 0.25) is 0 Å². The maximum Gasteiger partial charge on any atom is -0.0260 e. The van der Waals surface area contributed by atoms with Crippen LogP contribution in [0, 0.1) is 11.8 Å². The van der Waals surface area contributed by atoms with Crippen LogP contribution in [-0.4, -0.2) is 0 Å². The molecule has 1 aromatic carbocycles. The van der Waals surface area contributed by atoms with Crippen molar-refractivity contribution < 1.29 is 0 Å². The molecule has 1 aliphatic rings. The Labute approximate surface area is 150 Å². The van der Waals surface area contributed by atoms with Gasteiger partial charge in [-0.15, -0.1) is 0 Å². The van der Waals surface area contributed by atoms with Gasteiger partial charge in [-0.3, -0.25) is 0 Å². The van der Waals surface area contributed by atoms with E-state index in [0.717, 1.165) is 11.8 Å². The Bertz CT molecular complexity index is 445. The number of rotatable bonds is 10. The van der Waals surface area contributed by atoms with Crippen molar-refractivity contribution in [2.24, 2.45) is 11.8 Å². The molecule has 0 N–H and O–H groups in total. The zero-order chi connectivity index (χ0) is 17.0. The second-order valence-electron chi connectivity index (χ2n) is 7.85. The van der Waals surface area contributed by atoms with Crippen molar-refractivity contribution in [3.8, 4) is 0 Å². The van der Waals surface area contributed by atoms with Crippen LogP contribution in [0.3, 0.4) is 0 Å². The summed E-state index contributed by atoms with van der Waals surface area (Å²) in [5.74, 6) is 2.04. The Morgan fingerprint density at radius 1 is 0.833 bits per heavy atom. The standard InChI is InChI=1S/C24H38/c1-3-5-6-10-22-17-19-24(20-18-22)12-8-7-11-23-15-13-21(9-4-2)14-16-23/h7,11,13-16,22,24H,3-6,8-10,12,17-20H2,1-2H3. The summed E-state index contributed by atoms with van der Waals surface area (Å²) < 4.78 is 0. The van der Waals surface area contributed by atoms with Gasteiger partial charge in [0.25, 0.3) is 0 Å². The lowest BCUT2D eigenvalue weighted by Crippen LogP contribution is -2.14. The van der Waals surface area contributed by atoms with Gasteiger partial charge in [0.15, 0.2) is 0 Å². The number of aryl methyl sites for hydroxylation is 1. The number of allylic oxidation sites excluding steroid dienone is 1. The van der Waals surface area contributed by atoms with Gasteiger partial charge in [-0.25, -0.2) is 0 Å². The summed E-state index contributed by atoms with van der Waals surface area (Å²) in [6.07, 6.45) is 21.5. The average Bonchev–Trinajstić information content (AvgIpc) is 2.62. The van der Waals surface area contributed by atoms with Crippen LogP contribution in [0.15, 0.2) is 30.3 Å². The van der Waals surface area contributed by atoms with Crippen molar-refractivity contribution in [3.05, 3.63) is 41.5 Å². The van der Waals surface area contributed by atoms with E-state index in [2.05, 4.69) is 50.3 Å². The van der Waals surface area contributed by atoms with Crippen molar-refractivity contribution in [2.45, 2.75) is 90.9 Å². The topological polar surface area (TPSA) is 0 Å². The highest BCUT2D eigenvalue weighted by Gasteiger charge is 2.19. The lowest BCUT2D eigenvalue weighted by Gasteiger charge is -2.28. The predicted molar refractivity (Wildman–Crippen MR) is 108 cm³/mol. The molecule has 1 saturated carbocycles. The molecule has 0 aliphatic heterocycles. The van der Waals surface area contributed by atoms with E-state index < -0.39 is 0 Å². The van der Waals surface area contributed by atoms with Gasteiger partial charge in [-0.05, 0) is 42.2 Å². The van der Waals surface area contributed by atoms with E-state index in [1.165, 1.54) is 88.2 Å². The lowest BCUT2D eigenvalue weighted by molar-refractivity contribution is 0.250. The molecule has 0 aromatic heterocycles. The lowest BCUT2D eigenvalue weighted by atomic mass is 9.78. The summed E-state index contributed by atoms with van der Waals surface area (Å²) in [5.41, 5.74) is 2.82. The average molecular weight is 327 g/mol. The smallest absolute Gasteiger partial charge is 0.0260 e. The zero-order valence-electron chi connectivity index (χ0n) is 16.1. The molecule has 0 heterocycles. The van der Waals surface area contributed by atoms with Crippen molar-refractivity contribution in [2.75, 3.05) is 0 Å². The van der Waals surface area contributed by atoms with Gasteiger partial charge in [0.05, 0.1) is 0 Å². The summed E-state index contributed by atoms with van der Waals surface area (Å²) >= 11 is 0. The third-order valence-electron chi connectivity index (χ3n) is 5.75. The van der Waals surface area contributed by atoms with E-state index >= 15 is 0 Å². The molecule has 0 saturated heterocycles. The first-order chi connectivity index (χ1) is 11.8. The van der Waals surface area contributed by atoms with E-state index in [-0.39, 0.29) is 0 Å². The highest BCUT2D eigenvalue weighted by atomic mass is 14.3. The summed E-state index contributed by atoms with van der Waals surface area (Å²) in [7, 11) is 0. The Balaban J connectivity index is 1.60. The maximum atomic E-state index is 2.39. The van der Waals surface area contributed by atoms with Crippen LogP contribution in [0.5, 0.6) is 0 Å². The highest BCUT2D eigenvalue weighted by Crippen LogP contribution is 2.34. The van der Waals surface area contributed by atoms with Crippen molar-refractivity contribution in [3.63, 3.8) is 0 Å². The Hall–Kier alpha value is -1.04. The Kier molecular flexibility index (Phi) is 9.24. The van der Waals surface area contributed by atoms with Gasteiger partial charge in [-0.1, -0.05) is 108 Å². The third kappa shape index (κ3) is 7.24. The molecule has 1 aromatic rings. The van der Waals surface area contributed by atoms with Crippen molar-refractivity contribution >= 4 is 6.08 Å². The summed E-state index contributed by atoms with van der Waals surface area (Å²) in [6.45, 7) is 4.55. The molecular weight excluding hydrogens is 288 g/mol. The largest absolute Gasteiger partial charge is 0.0839 e. The van der Waals surface area contributed by atoms with Gasteiger partial charge in [0, 0.05) is 0 Å². The molecule has 1 fully saturated rings. The molecule has 0 unspecified atom stereocenters. The van der Waals surface area contributed by atoms with E-state index in [4.69, 9.17) is 0 Å². The van der Waals surface area contributed by atoms with Crippen LogP contribution in [0.4, 0.5) is 0 Å². The molecule has 0 heteroatoms. The first-order valence-electron chi connectivity index (χ1n) is 10.6. The Morgan fingerprint density at radius 3 is 2.12 bits per heavy atom. The van der Waals surface area contributed by atoms with Crippen molar-refractivity contribution in [1.29, 1.82) is 0 Å². The predicted octanol–water partition coefficient (Wildman–Crippen LogP) is 7.82. The van der Waals surface area contributed by atoms with Gasteiger partial charge < -0.3 is 0 Å². The number of hydrogen-bond acceptors (Lipinski definition) is 0. The minimum atomic E-state index is 0.990. The summed E-state index contributed by atoms with van der Waals surface area (Å²) in [4.78, 5) is 0. The second-order valence-corrected chi connectivity index (χ2v) is 7.85. The molecule has 0 amide bonds. The van der Waals surface area contributed by atoms with Crippen LogP contribution in [-0.2, 0) is 6.42 Å². The van der Waals surface area contributed by atoms with Crippen molar-refractivity contribution in [1.82, 2.24) is 0 Å². The van der Waals surface area contributed by atoms with Gasteiger partial charge in [-0.2, -0.15) is 0 Å². The summed E-state index contributed by atoms with van der Waals surface area (Å²) in [5, 5.41) is 0. The molecule has 24 heavy (non-hydrogen) atoms. The third-order valence-corrected chi connectivity index (χ3v) is 5.75. The fourth-order valence-corrected chi connectivity index (χ4v) is 4.13. The fraction of sp³-hybridized carbons (Fsp3) is 0.667. The van der Waals surface area contributed by atoms with E-state index in [1.807, 2.05) is 0 Å². The molecule has 0 atom stereocenters. The van der Waals surface area contributed by atoms with E-state index in [0.29, 0.717) is 0 Å². The van der Waals surface area contributed by atoms with E-state index in [1.54, 1.807) is 0 Å². The van der Waals surface area contributed by atoms with E-state index in [9.17, 15) is 0 Å².